The summed E-state index contributed by atoms with van der Waals surface area (Å²) >= 11 is 0. The Labute approximate surface area is 240 Å². The molecule has 40 heavy (non-hydrogen) atoms. The molecule has 2 fully saturated rings. The van der Waals surface area contributed by atoms with Gasteiger partial charge < -0.3 is 20.2 Å². The van der Waals surface area contributed by atoms with Gasteiger partial charge in [-0.25, -0.2) is 0 Å². The Hall–Kier alpha value is -2.75. The van der Waals surface area contributed by atoms with Gasteiger partial charge in [0.2, 0.25) is 11.8 Å². The molecule has 0 spiro atoms. The maximum Gasteiger partial charge on any atom is 0.243 e. The van der Waals surface area contributed by atoms with Gasteiger partial charge in [-0.2, -0.15) is 5.10 Å². The number of benzene rings is 1. The summed E-state index contributed by atoms with van der Waals surface area (Å²) in [6, 6.07) is 9.38. The quantitative estimate of drug-likeness (QED) is 0.494. The van der Waals surface area contributed by atoms with Gasteiger partial charge in [0.25, 0.3) is 0 Å². The summed E-state index contributed by atoms with van der Waals surface area (Å²) in [5.41, 5.74) is 3.15. The number of aromatic nitrogens is 2. The number of likely N-dealkylation sites (N-methyl/N-ethyl adjacent to an activating group) is 1. The lowest BCUT2D eigenvalue weighted by atomic mass is 9.96. The van der Waals surface area contributed by atoms with E-state index in [9.17, 15) is 14.7 Å². The minimum atomic E-state index is -0.676. The third kappa shape index (κ3) is 7.92. The monoisotopic (exact) mass is 554 g/mol. The molecular weight excluding hydrogens is 504 g/mol. The van der Waals surface area contributed by atoms with Crippen molar-refractivity contribution in [1.29, 1.82) is 0 Å². The highest BCUT2D eigenvalue weighted by atomic mass is 16.3. The van der Waals surface area contributed by atoms with Crippen LogP contribution >= 0.6 is 0 Å². The second-order valence-corrected chi connectivity index (χ2v) is 11.4. The number of amides is 2. The first-order valence-corrected chi connectivity index (χ1v) is 15.0. The summed E-state index contributed by atoms with van der Waals surface area (Å²) in [6.45, 7) is 18.3. The van der Waals surface area contributed by atoms with Gasteiger partial charge in [0, 0.05) is 57.8 Å². The number of piperazine rings is 1. The Morgan fingerprint density at radius 2 is 1.65 bits per heavy atom. The molecule has 222 valence electrons. The van der Waals surface area contributed by atoms with Crippen LogP contribution in [0.2, 0.25) is 0 Å². The average molecular weight is 555 g/mol. The Morgan fingerprint density at radius 1 is 1.00 bits per heavy atom. The summed E-state index contributed by atoms with van der Waals surface area (Å²) in [6.07, 6.45) is 1.44. The van der Waals surface area contributed by atoms with Crippen LogP contribution in [0.1, 0.15) is 59.6 Å². The minimum absolute atomic E-state index is 0.0714. The van der Waals surface area contributed by atoms with E-state index in [2.05, 4.69) is 44.1 Å². The van der Waals surface area contributed by atoms with E-state index in [-0.39, 0.29) is 42.7 Å². The Bertz CT molecular complexity index is 1080. The molecule has 2 amide bonds. The number of β-amino-alcohol motifs (C(OH)–C–C–N with tert-alkyl or cyclic N) is 1. The summed E-state index contributed by atoms with van der Waals surface area (Å²) in [7, 11) is 2.17. The van der Waals surface area contributed by atoms with Crippen molar-refractivity contribution in [2.24, 2.45) is 11.8 Å². The molecular formula is C31H50N6O3. The summed E-state index contributed by atoms with van der Waals surface area (Å²) in [5, 5.41) is 17.8. The molecule has 2 aliphatic rings. The smallest absolute Gasteiger partial charge is 0.243 e. The van der Waals surface area contributed by atoms with Crippen LogP contribution in [0.5, 0.6) is 0 Å². The Morgan fingerprint density at radius 3 is 2.27 bits per heavy atom. The number of carbonyl (C=O) groups excluding carboxylic acids is 2. The number of hydrogen-bond donors (Lipinski definition) is 2. The molecule has 0 bridgehead atoms. The summed E-state index contributed by atoms with van der Waals surface area (Å²) in [4.78, 5) is 32.5. The van der Waals surface area contributed by atoms with Crippen LogP contribution in [0.3, 0.4) is 0 Å². The van der Waals surface area contributed by atoms with Crippen LogP contribution in [0.15, 0.2) is 36.5 Å². The lowest BCUT2D eigenvalue weighted by Gasteiger charge is -2.32. The standard InChI is InChI=1S/C29H44N6O3.C2H6/c1-20(2)21(3)29(38)34-19-25(36)18-27(34)28(37)31-22(4)23-6-8-24(9-7-23)26-10-11-30-35(26)17-16-33-14-12-32(5)13-15-33;1-2/h6-11,20-22,25,27,36H,12-19H2,1-5H3,(H,31,37);1-2H3. The van der Waals surface area contributed by atoms with E-state index in [1.807, 2.05) is 65.9 Å². The zero-order valence-corrected chi connectivity index (χ0v) is 25.5. The Balaban J connectivity index is 0.00000216. The fourth-order valence-corrected chi connectivity index (χ4v) is 5.25. The SMILES string of the molecule is CC.CC(NC(=O)C1CC(O)CN1C(=O)C(C)C(C)C)c1ccc(-c2ccnn2CCN2CCN(C)CC2)cc1. The zero-order valence-electron chi connectivity index (χ0n) is 25.5. The van der Waals surface area contributed by atoms with E-state index in [0.29, 0.717) is 0 Å². The number of likely N-dealkylation sites (tertiary alicyclic amines) is 1. The normalized spacial score (nSPS) is 21.6. The molecule has 0 aliphatic carbocycles. The molecule has 9 heteroatoms. The number of nitrogens with one attached hydrogen (secondary N) is 1. The van der Waals surface area contributed by atoms with Crippen molar-refractivity contribution in [2.75, 3.05) is 46.3 Å². The second-order valence-electron chi connectivity index (χ2n) is 11.4. The molecule has 1 aromatic heterocycles. The summed E-state index contributed by atoms with van der Waals surface area (Å²) in [5.74, 6) is -0.317. The second kappa shape index (κ2) is 14.8. The van der Waals surface area contributed by atoms with Gasteiger partial charge in [0.15, 0.2) is 0 Å². The van der Waals surface area contributed by atoms with Crippen LogP contribution in [-0.4, -0.2) is 99.9 Å². The largest absolute Gasteiger partial charge is 0.391 e. The van der Waals surface area contributed by atoms with Crippen molar-refractivity contribution in [2.45, 2.75) is 72.7 Å². The zero-order chi connectivity index (χ0) is 29.4. The van der Waals surface area contributed by atoms with E-state index in [1.165, 1.54) is 0 Å². The molecule has 2 N–H and O–H groups in total. The highest BCUT2D eigenvalue weighted by molar-refractivity contribution is 5.89. The molecule has 1 aromatic carbocycles. The molecule has 2 aliphatic heterocycles. The number of rotatable bonds is 9. The first kappa shape index (κ1) is 31.8. The number of hydrogen-bond acceptors (Lipinski definition) is 6. The van der Waals surface area contributed by atoms with E-state index >= 15 is 0 Å². The van der Waals surface area contributed by atoms with Crippen molar-refractivity contribution in [1.82, 2.24) is 29.8 Å². The van der Waals surface area contributed by atoms with E-state index in [4.69, 9.17) is 0 Å². The fourth-order valence-electron chi connectivity index (χ4n) is 5.25. The highest BCUT2D eigenvalue weighted by Crippen LogP contribution is 2.26. The molecule has 4 rings (SSSR count). The molecule has 4 atom stereocenters. The van der Waals surface area contributed by atoms with Crippen LogP contribution in [0.4, 0.5) is 0 Å². The topological polar surface area (TPSA) is 93.9 Å². The first-order valence-electron chi connectivity index (χ1n) is 15.0. The molecule has 0 saturated carbocycles. The van der Waals surface area contributed by atoms with Crippen LogP contribution in [0.25, 0.3) is 11.3 Å². The number of carbonyl (C=O) groups is 2. The van der Waals surface area contributed by atoms with Gasteiger partial charge in [0.1, 0.15) is 6.04 Å². The van der Waals surface area contributed by atoms with Gasteiger partial charge in [0.05, 0.1) is 24.4 Å². The Kier molecular flexibility index (Phi) is 11.7. The van der Waals surface area contributed by atoms with E-state index in [0.717, 1.165) is 56.1 Å². The molecule has 0 radical (unpaired) electrons. The highest BCUT2D eigenvalue weighted by Gasteiger charge is 2.41. The predicted octanol–water partition coefficient (Wildman–Crippen LogP) is 3.25. The maximum absolute atomic E-state index is 13.2. The van der Waals surface area contributed by atoms with Crippen molar-refractivity contribution in [3.05, 3.63) is 42.1 Å². The molecule has 2 aromatic rings. The average Bonchev–Trinajstić information content (AvgIpc) is 3.59. The molecule has 3 heterocycles. The number of aliphatic hydroxyl groups is 1. The van der Waals surface area contributed by atoms with Crippen LogP contribution in [-0.2, 0) is 16.1 Å². The molecule has 9 nitrogen and oxygen atoms in total. The number of nitrogens with zero attached hydrogens (tertiary/aromatic N) is 5. The predicted molar refractivity (Wildman–Crippen MR) is 160 cm³/mol. The van der Waals surface area contributed by atoms with Gasteiger partial charge in [-0.05, 0) is 37.1 Å². The third-order valence-corrected chi connectivity index (χ3v) is 8.26. The van der Waals surface area contributed by atoms with E-state index in [1.54, 1.807) is 4.90 Å². The van der Waals surface area contributed by atoms with Crippen LogP contribution in [0, 0.1) is 11.8 Å². The van der Waals surface area contributed by atoms with Crippen molar-refractivity contribution < 1.29 is 14.7 Å². The van der Waals surface area contributed by atoms with Crippen LogP contribution < -0.4 is 5.32 Å². The fraction of sp³-hybridized carbons (Fsp3) is 0.645. The lowest BCUT2D eigenvalue weighted by Crippen LogP contribution is -2.48. The van der Waals surface area contributed by atoms with Crippen molar-refractivity contribution in [3.63, 3.8) is 0 Å². The molecule has 4 unspecified atom stereocenters. The lowest BCUT2D eigenvalue weighted by molar-refractivity contribution is -0.142. The number of aliphatic hydroxyl groups excluding tert-OH is 1. The minimum Gasteiger partial charge on any atom is -0.391 e. The first-order chi connectivity index (χ1) is 19.1. The maximum atomic E-state index is 13.2. The molecule has 2 saturated heterocycles. The summed E-state index contributed by atoms with van der Waals surface area (Å²) < 4.78 is 2.06. The van der Waals surface area contributed by atoms with Crippen molar-refractivity contribution in [3.8, 4) is 11.3 Å². The van der Waals surface area contributed by atoms with Gasteiger partial charge in [-0.1, -0.05) is 58.9 Å². The van der Waals surface area contributed by atoms with Crippen molar-refractivity contribution >= 4 is 11.8 Å². The van der Waals surface area contributed by atoms with Gasteiger partial charge >= 0.3 is 0 Å². The van der Waals surface area contributed by atoms with E-state index < -0.39 is 12.1 Å². The third-order valence-electron chi connectivity index (χ3n) is 8.26. The van der Waals surface area contributed by atoms with Gasteiger partial charge in [-0.15, -0.1) is 0 Å². The van der Waals surface area contributed by atoms with Gasteiger partial charge in [-0.3, -0.25) is 19.2 Å².